The molecule has 0 unspecified atom stereocenters. The van der Waals surface area contributed by atoms with Gasteiger partial charge in [-0.3, -0.25) is 0 Å². The van der Waals surface area contributed by atoms with E-state index >= 15 is 0 Å². The van der Waals surface area contributed by atoms with Crippen LogP contribution in [0.25, 0.3) is 16.6 Å². The second kappa shape index (κ2) is 7.27. The Bertz CT molecular complexity index is 1010. The molecule has 4 rings (SSSR count). The Morgan fingerprint density at radius 1 is 1.07 bits per heavy atom. The van der Waals surface area contributed by atoms with Gasteiger partial charge in [-0.05, 0) is 48.2 Å². The number of pyridine rings is 1. The summed E-state index contributed by atoms with van der Waals surface area (Å²) in [6, 6.07) is 9.30. The molecule has 0 atom stereocenters. The Morgan fingerprint density at radius 2 is 1.89 bits per heavy atom. The Morgan fingerprint density at radius 3 is 2.59 bits per heavy atom. The van der Waals surface area contributed by atoms with E-state index in [0.29, 0.717) is 0 Å². The number of benzene rings is 1. The van der Waals surface area contributed by atoms with Crippen LogP contribution in [0.2, 0.25) is 0 Å². The molecule has 138 valence electrons. The topological polar surface area (TPSA) is 17.3 Å². The van der Waals surface area contributed by atoms with Crippen LogP contribution in [0.15, 0.2) is 71.9 Å². The zero-order chi connectivity index (χ0) is 18.9. The monoisotopic (exact) mass is 386 g/mol. The molecule has 2 aromatic heterocycles. The molecule has 6 heteroatoms. The molecule has 0 N–H and O–H groups in total. The highest BCUT2D eigenvalue weighted by Gasteiger charge is 2.30. The summed E-state index contributed by atoms with van der Waals surface area (Å²) >= 11 is 1.79. The molecular formula is C21H17F3N2S. The molecule has 0 saturated heterocycles. The Labute approximate surface area is 159 Å². The summed E-state index contributed by atoms with van der Waals surface area (Å²) in [5, 5.41) is 4.32. The predicted octanol–water partition coefficient (Wildman–Crippen LogP) is 6.49. The standard InChI is InChI=1S/C21H17F3N2S/c22-21(23,24)17-8-6-16(7-9-17)19-13-25-26-11-10-15(12-20(19)26)14-27-18-4-2-1-3-5-18/h2,4-13H,1,3,14H2. The molecule has 2 heterocycles. The molecule has 1 aromatic carbocycles. The van der Waals surface area contributed by atoms with Crippen LogP contribution in [0.1, 0.15) is 24.0 Å². The van der Waals surface area contributed by atoms with Crippen LogP contribution in [-0.2, 0) is 11.9 Å². The van der Waals surface area contributed by atoms with E-state index in [4.69, 9.17) is 0 Å². The largest absolute Gasteiger partial charge is 0.416 e. The van der Waals surface area contributed by atoms with Gasteiger partial charge in [-0.15, -0.1) is 11.8 Å². The second-order valence-corrected chi connectivity index (χ2v) is 7.42. The van der Waals surface area contributed by atoms with Gasteiger partial charge in [-0.25, -0.2) is 4.52 Å². The molecule has 1 aliphatic rings. The minimum Gasteiger partial charge on any atom is -0.240 e. The SMILES string of the molecule is FC(F)(F)c1ccc(-c2cnn3ccc(CSC4=CCCC=C4)cc23)cc1. The lowest BCUT2D eigenvalue weighted by Gasteiger charge is -2.08. The van der Waals surface area contributed by atoms with E-state index in [2.05, 4.69) is 29.4 Å². The lowest BCUT2D eigenvalue weighted by Crippen LogP contribution is -2.03. The Balaban J connectivity index is 1.60. The summed E-state index contributed by atoms with van der Waals surface area (Å²) < 4.78 is 40.1. The van der Waals surface area contributed by atoms with Crippen LogP contribution in [0.5, 0.6) is 0 Å². The summed E-state index contributed by atoms with van der Waals surface area (Å²) in [5.74, 6) is 0.838. The van der Waals surface area contributed by atoms with E-state index in [1.165, 1.54) is 17.0 Å². The van der Waals surface area contributed by atoms with Crippen molar-refractivity contribution in [2.45, 2.75) is 24.8 Å². The first-order valence-electron chi connectivity index (χ1n) is 8.64. The van der Waals surface area contributed by atoms with Gasteiger partial charge < -0.3 is 0 Å². The van der Waals surface area contributed by atoms with E-state index in [9.17, 15) is 13.2 Å². The molecule has 0 fully saturated rings. The second-order valence-electron chi connectivity index (χ2n) is 6.37. The molecule has 0 bridgehead atoms. The van der Waals surface area contributed by atoms with Crippen molar-refractivity contribution in [2.24, 2.45) is 0 Å². The molecule has 3 aromatic rings. The smallest absolute Gasteiger partial charge is 0.240 e. The van der Waals surface area contributed by atoms with Gasteiger partial charge in [0.1, 0.15) is 0 Å². The molecule has 0 saturated carbocycles. The molecule has 27 heavy (non-hydrogen) atoms. The van der Waals surface area contributed by atoms with Gasteiger partial charge in [0, 0.05) is 22.4 Å². The average molecular weight is 386 g/mol. The highest BCUT2D eigenvalue weighted by atomic mass is 32.2. The van der Waals surface area contributed by atoms with Gasteiger partial charge in [0.05, 0.1) is 17.3 Å². The number of hydrogen-bond acceptors (Lipinski definition) is 2. The number of halogens is 3. The molecule has 0 aliphatic heterocycles. The molecular weight excluding hydrogens is 369 g/mol. The summed E-state index contributed by atoms with van der Waals surface area (Å²) in [4.78, 5) is 1.28. The van der Waals surface area contributed by atoms with Gasteiger partial charge in [-0.2, -0.15) is 18.3 Å². The third-order valence-electron chi connectivity index (χ3n) is 4.48. The lowest BCUT2D eigenvalue weighted by atomic mass is 10.0. The third kappa shape index (κ3) is 3.95. The summed E-state index contributed by atoms with van der Waals surface area (Å²) in [6.45, 7) is 0. The Hall–Kier alpha value is -2.47. The third-order valence-corrected chi connectivity index (χ3v) is 5.59. The van der Waals surface area contributed by atoms with Crippen molar-refractivity contribution in [1.29, 1.82) is 0 Å². The number of aromatic nitrogens is 2. The van der Waals surface area contributed by atoms with E-state index in [1.807, 2.05) is 12.3 Å². The first kappa shape index (κ1) is 17.9. The van der Waals surface area contributed by atoms with Crippen molar-refractivity contribution < 1.29 is 13.2 Å². The zero-order valence-corrected chi connectivity index (χ0v) is 15.2. The number of hydrogen-bond donors (Lipinski definition) is 0. The predicted molar refractivity (Wildman–Crippen MR) is 103 cm³/mol. The number of allylic oxidation sites excluding steroid dienone is 3. The van der Waals surface area contributed by atoms with Crippen molar-refractivity contribution >= 4 is 17.3 Å². The van der Waals surface area contributed by atoms with Crippen molar-refractivity contribution in [3.05, 3.63) is 83.1 Å². The Kier molecular flexibility index (Phi) is 4.83. The lowest BCUT2D eigenvalue weighted by molar-refractivity contribution is -0.137. The highest BCUT2D eigenvalue weighted by molar-refractivity contribution is 8.02. The first-order valence-corrected chi connectivity index (χ1v) is 9.63. The first-order chi connectivity index (χ1) is 13.0. The maximum Gasteiger partial charge on any atom is 0.416 e. The average Bonchev–Trinajstić information content (AvgIpc) is 3.10. The van der Waals surface area contributed by atoms with Crippen molar-refractivity contribution in [1.82, 2.24) is 9.61 Å². The van der Waals surface area contributed by atoms with Gasteiger partial charge in [0.2, 0.25) is 0 Å². The van der Waals surface area contributed by atoms with E-state index < -0.39 is 11.7 Å². The van der Waals surface area contributed by atoms with Gasteiger partial charge >= 0.3 is 6.18 Å². The van der Waals surface area contributed by atoms with Crippen molar-refractivity contribution in [3.63, 3.8) is 0 Å². The minimum absolute atomic E-state index is 0.645. The fourth-order valence-corrected chi connectivity index (χ4v) is 3.98. The number of fused-ring (bicyclic) bond motifs is 1. The maximum absolute atomic E-state index is 12.8. The summed E-state index contributed by atoms with van der Waals surface area (Å²) in [7, 11) is 0. The molecule has 2 nitrogen and oxygen atoms in total. The summed E-state index contributed by atoms with van der Waals surface area (Å²) in [5.41, 5.74) is 2.95. The molecule has 0 amide bonds. The number of thioether (sulfide) groups is 1. The van der Waals surface area contributed by atoms with Crippen LogP contribution >= 0.6 is 11.8 Å². The van der Waals surface area contributed by atoms with Gasteiger partial charge in [0.25, 0.3) is 0 Å². The van der Waals surface area contributed by atoms with Crippen LogP contribution < -0.4 is 0 Å². The molecule has 0 radical (unpaired) electrons. The number of alkyl halides is 3. The van der Waals surface area contributed by atoms with Gasteiger partial charge in [-0.1, -0.05) is 30.4 Å². The van der Waals surface area contributed by atoms with E-state index in [-0.39, 0.29) is 0 Å². The van der Waals surface area contributed by atoms with E-state index in [0.717, 1.165) is 52.9 Å². The van der Waals surface area contributed by atoms with E-state index in [1.54, 1.807) is 22.5 Å². The van der Waals surface area contributed by atoms with Gasteiger partial charge in [0.15, 0.2) is 0 Å². The van der Waals surface area contributed by atoms with Crippen LogP contribution in [0.4, 0.5) is 13.2 Å². The molecule has 0 spiro atoms. The van der Waals surface area contributed by atoms with Crippen LogP contribution in [0.3, 0.4) is 0 Å². The fourth-order valence-electron chi connectivity index (χ4n) is 3.04. The van der Waals surface area contributed by atoms with Crippen molar-refractivity contribution in [3.8, 4) is 11.1 Å². The van der Waals surface area contributed by atoms with Crippen LogP contribution in [-0.4, -0.2) is 9.61 Å². The highest BCUT2D eigenvalue weighted by Crippen LogP contribution is 2.33. The number of rotatable bonds is 4. The normalized spacial score (nSPS) is 14.6. The minimum atomic E-state index is -4.33. The maximum atomic E-state index is 12.8. The number of nitrogens with zero attached hydrogens (tertiary/aromatic N) is 2. The zero-order valence-electron chi connectivity index (χ0n) is 14.4. The quantitative estimate of drug-likeness (QED) is 0.510. The fraction of sp³-hybridized carbons (Fsp3) is 0.190. The summed E-state index contributed by atoms with van der Waals surface area (Å²) in [6.07, 6.45) is 8.03. The van der Waals surface area contributed by atoms with Crippen LogP contribution in [0, 0.1) is 0 Å². The van der Waals surface area contributed by atoms with Crippen molar-refractivity contribution in [2.75, 3.05) is 0 Å². The molecule has 1 aliphatic carbocycles.